The molecular formula is C17H21ClFN3OS. The molecule has 1 aromatic carbocycles. The fourth-order valence-corrected chi connectivity index (χ4v) is 3.39. The smallest absolute Gasteiger partial charge is 0.272 e. The van der Waals surface area contributed by atoms with E-state index in [1.165, 1.54) is 17.8 Å². The second kappa shape index (κ2) is 8.55. The SMILES string of the molecule is CSc1ccc(NC(=O)c2cccn2C2CCNCC2)cc1F.Cl. The maximum absolute atomic E-state index is 13.8. The lowest BCUT2D eigenvalue weighted by molar-refractivity contribution is 0.101. The van der Waals surface area contributed by atoms with Crippen molar-refractivity contribution >= 4 is 35.8 Å². The van der Waals surface area contributed by atoms with Crippen molar-refractivity contribution < 1.29 is 9.18 Å². The van der Waals surface area contributed by atoms with Gasteiger partial charge in [-0.15, -0.1) is 24.2 Å². The number of piperidine rings is 1. The second-order valence-electron chi connectivity index (χ2n) is 5.59. The Balaban J connectivity index is 0.00000208. The summed E-state index contributed by atoms with van der Waals surface area (Å²) in [5, 5.41) is 6.12. The van der Waals surface area contributed by atoms with Crippen molar-refractivity contribution in [1.29, 1.82) is 0 Å². The molecule has 24 heavy (non-hydrogen) atoms. The summed E-state index contributed by atoms with van der Waals surface area (Å²) in [6, 6.07) is 8.80. The Morgan fingerprint density at radius 3 is 2.75 bits per heavy atom. The third kappa shape index (κ3) is 4.12. The van der Waals surface area contributed by atoms with Gasteiger partial charge in [-0.05, 0) is 62.5 Å². The third-order valence-electron chi connectivity index (χ3n) is 4.12. The van der Waals surface area contributed by atoms with Gasteiger partial charge in [0.25, 0.3) is 5.91 Å². The molecule has 1 aromatic heterocycles. The van der Waals surface area contributed by atoms with Gasteiger partial charge in [0.15, 0.2) is 0 Å². The molecule has 0 aliphatic carbocycles. The standard InChI is InChI=1S/C17H20FN3OS.ClH/c1-23-16-5-4-12(11-14(16)18)20-17(22)15-3-2-10-21(15)13-6-8-19-9-7-13;/h2-5,10-11,13,19H,6-9H2,1H3,(H,20,22);1H. The Kier molecular flexibility index (Phi) is 6.71. The van der Waals surface area contributed by atoms with Crippen LogP contribution in [0.25, 0.3) is 0 Å². The Hall–Kier alpha value is -1.50. The van der Waals surface area contributed by atoms with Crippen molar-refractivity contribution in [2.45, 2.75) is 23.8 Å². The topological polar surface area (TPSA) is 46.1 Å². The predicted molar refractivity (Wildman–Crippen MR) is 99.0 cm³/mol. The first-order chi connectivity index (χ1) is 11.2. The van der Waals surface area contributed by atoms with Gasteiger partial charge < -0.3 is 15.2 Å². The maximum Gasteiger partial charge on any atom is 0.272 e. The van der Waals surface area contributed by atoms with Crippen LogP contribution in [0.4, 0.5) is 10.1 Å². The molecule has 2 aromatic rings. The minimum atomic E-state index is -0.316. The molecule has 1 aliphatic rings. The molecule has 2 N–H and O–H groups in total. The van der Waals surface area contributed by atoms with Crippen LogP contribution in [0.15, 0.2) is 41.4 Å². The maximum atomic E-state index is 13.8. The fraction of sp³-hybridized carbons (Fsp3) is 0.353. The first kappa shape index (κ1) is 18.8. The highest BCUT2D eigenvalue weighted by Crippen LogP contribution is 2.24. The zero-order valence-corrected chi connectivity index (χ0v) is 15.1. The van der Waals surface area contributed by atoms with Gasteiger partial charge in [0.05, 0.1) is 0 Å². The minimum absolute atomic E-state index is 0. The minimum Gasteiger partial charge on any atom is -0.340 e. The number of carbonyl (C=O) groups is 1. The third-order valence-corrected chi connectivity index (χ3v) is 4.89. The lowest BCUT2D eigenvalue weighted by Gasteiger charge is -2.25. The monoisotopic (exact) mass is 369 g/mol. The predicted octanol–water partition coefficient (Wildman–Crippen LogP) is 3.95. The lowest BCUT2D eigenvalue weighted by atomic mass is 10.1. The van der Waals surface area contributed by atoms with Crippen LogP contribution >= 0.6 is 24.2 Å². The Bertz CT molecular complexity index is 701. The highest BCUT2D eigenvalue weighted by atomic mass is 35.5. The number of nitrogens with zero attached hydrogens (tertiary/aromatic N) is 1. The van der Waals surface area contributed by atoms with E-state index in [1.54, 1.807) is 12.1 Å². The van der Waals surface area contributed by atoms with E-state index in [9.17, 15) is 9.18 Å². The van der Waals surface area contributed by atoms with Crippen LogP contribution in [-0.2, 0) is 0 Å². The molecule has 0 unspecified atom stereocenters. The molecule has 0 spiro atoms. The number of carbonyl (C=O) groups excluding carboxylic acids is 1. The van der Waals surface area contributed by atoms with Crippen molar-refractivity contribution in [2.75, 3.05) is 24.7 Å². The Morgan fingerprint density at radius 1 is 1.33 bits per heavy atom. The molecule has 1 aliphatic heterocycles. The van der Waals surface area contributed by atoms with Crippen LogP contribution in [0.2, 0.25) is 0 Å². The van der Waals surface area contributed by atoms with Crippen molar-refractivity contribution in [2.24, 2.45) is 0 Å². The highest BCUT2D eigenvalue weighted by Gasteiger charge is 2.20. The van der Waals surface area contributed by atoms with Crippen molar-refractivity contribution in [3.63, 3.8) is 0 Å². The molecule has 1 amide bonds. The quantitative estimate of drug-likeness (QED) is 0.802. The van der Waals surface area contributed by atoms with Gasteiger partial charge in [0, 0.05) is 22.8 Å². The molecular weight excluding hydrogens is 349 g/mol. The van der Waals surface area contributed by atoms with E-state index < -0.39 is 0 Å². The number of thioether (sulfide) groups is 1. The molecule has 130 valence electrons. The first-order valence-corrected chi connectivity index (χ1v) is 8.94. The van der Waals surface area contributed by atoms with Crippen molar-refractivity contribution in [3.05, 3.63) is 48.0 Å². The van der Waals surface area contributed by atoms with Gasteiger partial charge in [-0.2, -0.15) is 0 Å². The zero-order chi connectivity index (χ0) is 16.2. The molecule has 2 heterocycles. The molecule has 0 atom stereocenters. The van der Waals surface area contributed by atoms with Gasteiger partial charge in [-0.1, -0.05) is 0 Å². The highest BCUT2D eigenvalue weighted by molar-refractivity contribution is 7.98. The Labute approximate surface area is 151 Å². The molecule has 1 fully saturated rings. The van der Waals surface area contributed by atoms with Crippen LogP contribution in [0.5, 0.6) is 0 Å². The van der Waals surface area contributed by atoms with Crippen LogP contribution < -0.4 is 10.6 Å². The van der Waals surface area contributed by atoms with Crippen molar-refractivity contribution in [3.8, 4) is 0 Å². The summed E-state index contributed by atoms with van der Waals surface area (Å²) in [7, 11) is 0. The van der Waals surface area contributed by atoms with E-state index in [4.69, 9.17) is 0 Å². The number of aromatic nitrogens is 1. The number of nitrogens with one attached hydrogen (secondary N) is 2. The number of benzene rings is 1. The molecule has 4 nitrogen and oxygen atoms in total. The van der Waals surface area contributed by atoms with E-state index in [0.717, 1.165) is 25.9 Å². The molecule has 3 rings (SSSR count). The summed E-state index contributed by atoms with van der Waals surface area (Å²) in [5.74, 6) is -0.520. The van der Waals surface area contributed by atoms with E-state index in [0.29, 0.717) is 22.3 Å². The van der Waals surface area contributed by atoms with Gasteiger partial charge in [0.2, 0.25) is 0 Å². The molecule has 0 saturated carbocycles. The fourth-order valence-electron chi connectivity index (χ4n) is 2.93. The number of rotatable bonds is 4. The molecule has 0 radical (unpaired) electrons. The summed E-state index contributed by atoms with van der Waals surface area (Å²) >= 11 is 1.34. The van der Waals surface area contributed by atoms with Crippen LogP contribution in [-0.4, -0.2) is 29.8 Å². The van der Waals surface area contributed by atoms with Crippen LogP contribution in [0.1, 0.15) is 29.4 Å². The first-order valence-electron chi connectivity index (χ1n) is 7.71. The van der Waals surface area contributed by atoms with E-state index in [1.807, 2.05) is 29.2 Å². The van der Waals surface area contributed by atoms with E-state index in [-0.39, 0.29) is 24.1 Å². The summed E-state index contributed by atoms with van der Waals surface area (Å²) < 4.78 is 15.9. The number of halogens is 2. The zero-order valence-electron chi connectivity index (χ0n) is 13.4. The average Bonchev–Trinajstić information content (AvgIpc) is 3.05. The number of hydrogen-bond acceptors (Lipinski definition) is 3. The van der Waals surface area contributed by atoms with E-state index >= 15 is 0 Å². The molecule has 0 bridgehead atoms. The average molecular weight is 370 g/mol. The second-order valence-corrected chi connectivity index (χ2v) is 6.43. The van der Waals surface area contributed by atoms with Crippen molar-refractivity contribution in [1.82, 2.24) is 9.88 Å². The van der Waals surface area contributed by atoms with Gasteiger partial charge >= 0.3 is 0 Å². The normalized spacial score (nSPS) is 14.9. The van der Waals surface area contributed by atoms with Crippen LogP contribution in [0, 0.1) is 5.82 Å². The van der Waals surface area contributed by atoms with Crippen LogP contribution in [0.3, 0.4) is 0 Å². The summed E-state index contributed by atoms with van der Waals surface area (Å²) in [5.41, 5.74) is 1.09. The summed E-state index contributed by atoms with van der Waals surface area (Å²) in [4.78, 5) is 13.1. The lowest BCUT2D eigenvalue weighted by Crippen LogP contribution is -2.31. The molecule has 1 saturated heterocycles. The number of hydrogen-bond donors (Lipinski definition) is 2. The Morgan fingerprint density at radius 2 is 2.08 bits per heavy atom. The number of anilines is 1. The summed E-state index contributed by atoms with van der Waals surface area (Å²) in [6.07, 6.45) is 5.78. The van der Waals surface area contributed by atoms with Gasteiger partial charge in [0.1, 0.15) is 11.5 Å². The van der Waals surface area contributed by atoms with Gasteiger partial charge in [-0.25, -0.2) is 4.39 Å². The van der Waals surface area contributed by atoms with Gasteiger partial charge in [-0.3, -0.25) is 4.79 Å². The molecule has 7 heteroatoms. The van der Waals surface area contributed by atoms with E-state index in [2.05, 4.69) is 10.6 Å². The summed E-state index contributed by atoms with van der Waals surface area (Å²) in [6.45, 7) is 1.93. The largest absolute Gasteiger partial charge is 0.340 e. The number of amides is 1.